The number of hydrogen-bond acceptors (Lipinski definition) is 5. The van der Waals surface area contributed by atoms with Gasteiger partial charge in [0.05, 0.1) is 15.6 Å². The minimum absolute atomic E-state index is 0.00989. The molecular formula is C20H22N2OS3. The van der Waals surface area contributed by atoms with Crippen molar-refractivity contribution in [2.45, 2.75) is 32.1 Å². The van der Waals surface area contributed by atoms with Crippen molar-refractivity contribution >= 4 is 51.7 Å². The Kier molecular flexibility index (Phi) is 6.27. The molecule has 0 aromatic heterocycles. The number of nitrogens with zero attached hydrogens (tertiary/aromatic N) is 2. The zero-order chi connectivity index (χ0) is 18.7. The second kappa shape index (κ2) is 8.46. The highest BCUT2D eigenvalue weighted by molar-refractivity contribution is 8.26. The number of amides is 1. The zero-order valence-electron chi connectivity index (χ0n) is 15.2. The Labute approximate surface area is 169 Å². The Bertz CT molecular complexity index is 826. The van der Waals surface area contributed by atoms with Crippen LogP contribution in [0.15, 0.2) is 62.9 Å². The summed E-state index contributed by atoms with van der Waals surface area (Å²) in [6, 6.07) is 8.51. The van der Waals surface area contributed by atoms with Gasteiger partial charge in [-0.1, -0.05) is 67.0 Å². The van der Waals surface area contributed by atoms with Gasteiger partial charge >= 0.3 is 0 Å². The van der Waals surface area contributed by atoms with E-state index in [1.165, 1.54) is 32.9 Å². The minimum atomic E-state index is 0.00989. The van der Waals surface area contributed by atoms with Gasteiger partial charge in [-0.15, -0.1) is 0 Å². The van der Waals surface area contributed by atoms with E-state index in [1.807, 2.05) is 30.8 Å². The molecule has 0 N–H and O–H groups in total. The van der Waals surface area contributed by atoms with E-state index in [2.05, 4.69) is 49.1 Å². The molecule has 1 saturated heterocycles. The van der Waals surface area contributed by atoms with Crippen LogP contribution >= 0.6 is 35.7 Å². The summed E-state index contributed by atoms with van der Waals surface area (Å²) in [4.78, 5) is 18.3. The minimum Gasteiger partial charge on any atom is -0.335 e. The SMILES string of the molecule is CCC(C=CC=C1SC(=S)N(CC)C1=O)=C1Sc2ccccc2N1CC. The summed E-state index contributed by atoms with van der Waals surface area (Å²) >= 11 is 8.46. The number of para-hydroxylation sites is 1. The normalized spacial score (nSPS) is 20.7. The molecule has 0 spiro atoms. The zero-order valence-corrected chi connectivity index (χ0v) is 17.6. The van der Waals surface area contributed by atoms with Gasteiger partial charge in [0.1, 0.15) is 4.32 Å². The van der Waals surface area contributed by atoms with E-state index in [1.54, 1.807) is 4.90 Å². The summed E-state index contributed by atoms with van der Waals surface area (Å²) in [6.45, 7) is 7.84. The number of allylic oxidation sites excluding steroid dienone is 4. The molecule has 1 fully saturated rings. The third kappa shape index (κ3) is 3.63. The van der Waals surface area contributed by atoms with Crippen LogP contribution in [0.3, 0.4) is 0 Å². The quantitative estimate of drug-likeness (QED) is 0.474. The number of likely N-dealkylation sites (N-methyl/N-ethyl adjacent to an activating group) is 1. The molecule has 0 bridgehead atoms. The van der Waals surface area contributed by atoms with Gasteiger partial charge in [-0.05, 0) is 44.1 Å². The van der Waals surface area contributed by atoms with E-state index in [0.29, 0.717) is 15.8 Å². The molecule has 0 aliphatic carbocycles. The molecule has 0 saturated carbocycles. The van der Waals surface area contributed by atoms with Crippen LogP contribution in [0, 0.1) is 0 Å². The lowest BCUT2D eigenvalue weighted by molar-refractivity contribution is -0.122. The smallest absolute Gasteiger partial charge is 0.266 e. The van der Waals surface area contributed by atoms with Crippen LogP contribution in [0.4, 0.5) is 5.69 Å². The molecule has 1 aromatic carbocycles. The Morgan fingerprint density at radius 3 is 2.50 bits per heavy atom. The van der Waals surface area contributed by atoms with Crippen LogP contribution in [0.1, 0.15) is 27.2 Å². The molecule has 2 heterocycles. The summed E-state index contributed by atoms with van der Waals surface area (Å²) in [7, 11) is 0. The number of rotatable bonds is 5. The molecule has 26 heavy (non-hydrogen) atoms. The molecule has 0 radical (unpaired) electrons. The third-order valence-corrected chi connectivity index (χ3v) is 6.95. The third-order valence-electron chi connectivity index (χ3n) is 4.31. The average Bonchev–Trinajstić information content (AvgIpc) is 3.15. The maximum absolute atomic E-state index is 12.3. The van der Waals surface area contributed by atoms with E-state index in [0.717, 1.165) is 13.0 Å². The number of carbonyl (C=O) groups excluding carboxylic acids is 1. The first kappa shape index (κ1) is 19.3. The predicted octanol–water partition coefficient (Wildman–Crippen LogP) is 5.56. The van der Waals surface area contributed by atoms with Gasteiger partial charge in [0, 0.05) is 18.0 Å². The summed E-state index contributed by atoms with van der Waals surface area (Å²) in [5.74, 6) is 0.00989. The van der Waals surface area contributed by atoms with Crippen LogP contribution in [0.5, 0.6) is 0 Å². The fourth-order valence-electron chi connectivity index (χ4n) is 2.97. The molecule has 0 atom stereocenters. The first-order chi connectivity index (χ1) is 12.6. The Hall–Kier alpha value is -1.50. The van der Waals surface area contributed by atoms with E-state index in [9.17, 15) is 4.79 Å². The second-order valence-electron chi connectivity index (χ2n) is 5.81. The largest absolute Gasteiger partial charge is 0.335 e. The number of thiocarbonyl (C=S) groups is 1. The lowest BCUT2D eigenvalue weighted by Gasteiger charge is -2.20. The number of benzene rings is 1. The standard InChI is InChI=1S/C20H22N2OS3/c1-4-14(10-9-13-17-18(23)22(6-3)20(24)26-17)19-21(5-2)15-11-7-8-12-16(15)25-19/h7-13H,4-6H2,1-3H3. The number of anilines is 1. The van der Waals surface area contributed by atoms with Crippen molar-refractivity contribution in [1.82, 2.24) is 4.90 Å². The van der Waals surface area contributed by atoms with Gasteiger partial charge in [-0.25, -0.2) is 0 Å². The summed E-state index contributed by atoms with van der Waals surface area (Å²) < 4.78 is 0.644. The predicted molar refractivity (Wildman–Crippen MR) is 117 cm³/mol. The van der Waals surface area contributed by atoms with Crippen LogP contribution in [-0.4, -0.2) is 28.2 Å². The van der Waals surface area contributed by atoms with Crippen molar-refractivity contribution in [3.05, 3.63) is 58.0 Å². The van der Waals surface area contributed by atoms with E-state index in [4.69, 9.17) is 12.2 Å². The highest BCUT2D eigenvalue weighted by atomic mass is 32.2. The van der Waals surface area contributed by atoms with Crippen molar-refractivity contribution in [3.8, 4) is 0 Å². The molecule has 6 heteroatoms. The summed E-state index contributed by atoms with van der Waals surface area (Å²) in [6.07, 6.45) is 6.92. The van der Waals surface area contributed by atoms with E-state index >= 15 is 0 Å². The Morgan fingerprint density at radius 1 is 1.12 bits per heavy atom. The van der Waals surface area contributed by atoms with Gasteiger partial charge in [0.15, 0.2) is 0 Å². The highest BCUT2D eigenvalue weighted by Crippen LogP contribution is 2.47. The number of carbonyl (C=O) groups is 1. The first-order valence-electron chi connectivity index (χ1n) is 8.80. The van der Waals surface area contributed by atoms with Gasteiger partial charge in [-0.2, -0.15) is 0 Å². The molecule has 2 aliphatic heterocycles. The lowest BCUT2D eigenvalue weighted by Crippen LogP contribution is -2.27. The molecule has 1 aromatic rings. The van der Waals surface area contributed by atoms with Crippen molar-refractivity contribution in [2.24, 2.45) is 0 Å². The van der Waals surface area contributed by atoms with Gasteiger partial charge in [0.2, 0.25) is 0 Å². The Balaban J connectivity index is 1.85. The molecule has 0 unspecified atom stereocenters. The average molecular weight is 403 g/mol. The maximum atomic E-state index is 12.3. The number of hydrogen-bond donors (Lipinski definition) is 0. The van der Waals surface area contributed by atoms with E-state index < -0.39 is 0 Å². The fraction of sp³-hybridized carbons (Fsp3) is 0.300. The molecular weight excluding hydrogens is 380 g/mol. The van der Waals surface area contributed by atoms with E-state index in [-0.39, 0.29) is 5.91 Å². The van der Waals surface area contributed by atoms with Crippen LogP contribution in [0.25, 0.3) is 0 Å². The molecule has 136 valence electrons. The first-order valence-corrected chi connectivity index (χ1v) is 10.8. The fourth-order valence-corrected chi connectivity index (χ4v) is 5.62. The highest BCUT2D eigenvalue weighted by Gasteiger charge is 2.30. The van der Waals surface area contributed by atoms with Crippen molar-refractivity contribution in [2.75, 3.05) is 18.0 Å². The van der Waals surface area contributed by atoms with Crippen LogP contribution in [0.2, 0.25) is 0 Å². The number of thioether (sulfide) groups is 2. The van der Waals surface area contributed by atoms with Crippen molar-refractivity contribution in [1.29, 1.82) is 0 Å². The topological polar surface area (TPSA) is 23.6 Å². The monoisotopic (exact) mass is 402 g/mol. The second-order valence-corrected chi connectivity index (χ2v) is 8.51. The maximum Gasteiger partial charge on any atom is 0.266 e. The van der Waals surface area contributed by atoms with Crippen molar-refractivity contribution in [3.63, 3.8) is 0 Å². The van der Waals surface area contributed by atoms with Gasteiger partial charge in [0.25, 0.3) is 5.91 Å². The van der Waals surface area contributed by atoms with Crippen LogP contribution in [-0.2, 0) is 4.79 Å². The molecule has 2 aliphatic rings. The molecule has 3 rings (SSSR count). The lowest BCUT2D eigenvalue weighted by atomic mass is 10.2. The van der Waals surface area contributed by atoms with Crippen LogP contribution < -0.4 is 4.90 Å². The van der Waals surface area contributed by atoms with Gasteiger partial charge < -0.3 is 4.90 Å². The molecule has 3 nitrogen and oxygen atoms in total. The summed E-state index contributed by atoms with van der Waals surface area (Å²) in [5.41, 5.74) is 2.55. The number of fused-ring (bicyclic) bond motifs is 1. The summed E-state index contributed by atoms with van der Waals surface area (Å²) in [5, 5.41) is 1.28. The van der Waals surface area contributed by atoms with Crippen molar-refractivity contribution < 1.29 is 4.79 Å². The molecule has 1 amide bonds. The Morgan fingerprint density at radius 2 is 1.85 bits per heavy atom. The van der Waals surface area contributed by atoms with Gasteiger partial charge in [-0.3, -0.25) is 9.69 Å².